The Balaban J connectivity index is 4.24. The van der Waals surface area contributed by atoms with E-state index in [1.165, 1.54) is 0 Å². The minimum absolute atomic E-state index is 0.571. The molecule has 0 aliphatic heterocycles. The van der Waals surface area contributed by atoms with Gasteiger partial charge in [-0.2, -0.15) is 0 Å². The number of nitrogens with zero attached hydrogens (tertiary/aromatic N) is 1. The zero-order chi connectivity index (χ0) is 12.7. The molecule has 0 saturated carbocycles. The molecule has 1 N–H and O–H groups in total. The zero-order valence-corrected chi connectivity index (χ0v) is 12.0. The van der Waals surface area contributed by atoms with Crippen LogP contribution in [0.4, 0.5) is 0 Å². The third-order valence-electron chi connectivity index (χ3n) is 3.20. The summed E-state index contributed by atoms with van der Waals surface area (Å²) in [5, 5.41) is 3.51. The second-order valence-corrected chi connectivity index (χ2v) is 5.36. The number of nitrogens with one attached hydrogen (secondary N) is 1. The fourth-order valence-electron chi connectivity index (χ4n) is 1.92. The molecule has 0 fully saturated rings. The molecule has 0 aliphatic carbocycles. The summed E-state index contributed by atoms with van der Waals surface area (Å²) in [6.07, 6.45) is 2.00. The van der Waals surface area contributed by atoms with Crippen LogP contribution in [0.2, 0.25) is 0 Å². The molecule has 2 atom stereocenters. The zero-order valence-electron chi connectivity index (χ0n) is 12.0. The monoisotopic (exact) mass is 226 g/mol. The minimum atomic E-state index is 0.571. The van der Waals surface area contributed by atoms with E-state index in [9.17, 15) is 0 Å². The van der Waals surface area contributed by atoms with Crippen LogP contribution in [-0.4, -0.2) is 36.1 Å². The summed E-state index contributed by atoms with van der Waals surface area (Å²) >= 11 is 0. The molecule has 2 unspecified atom stereocenters. The maximum Gasteiger partial charge on any atom is 0.0166 e. The molecule has 0 aromatic rings. The van der Waals surface area contributed by atoms with Crippen LogP contribution in [0, 0.1) is 5.92 Å². The molecular formula is C14H30N2. The van der Waals surface area contributed by atoms with Crippen LogP contribution in [0.5, 0.6) is 0 Å². The number of rotatable bonds is 8. The fourth-order valence-corrected chi connectivity index (χ4v) is 1.92. The Morgan fingerprint density at radius 3 is 2.06 bits per heavy atom. The molecule has 0 spiro atoms. The molecule has 0 amide bonds. The average Bonchev–Trinajstić information content (AvgIpc) is 2.20. The van der Waals surface area contributed by atoms with E-state index in [0.29, 0.717) is 24.0 Å². The molecule has 2 heteroatoms. The van der Waals surface area contributed by atoms with E-state index in [4.69, 9.17) is 0 Å². The van der Waals surface area contributed by atoms with Crippen molar-refractivity contribution in [2.75, 3.05) is 13.1 Å². The van der Waals surface area contributed by atoms with Crippen LogP contribution in [0.1, 0.15) is 41.5 Å². The van der Waals surface area contributed by atoms with Crippen molar-refractivity contribution in [3.05, 3.63) is 12.7 Å². The Morgan fingerprint density at radius 1 is 1.12 bits per heavy atom. The van der Waals surface area contributed by atoms with Crippen molar-refractivity contribution in [2.24, 2.45) is 5.92 Å². The quantitative estimate of drug-likeness (QED) is 0.640. The van der Waals surface area contributed by atoms with Crippen molar-refractivity contribution in [2.45, 2.75) is 59.7 Å². The molecule has 0 heterocycles. The predicted octanol–water partition coefficient (Wildman–Crippen LogP) is 2.91. The molecule has 16 heavy (non-hydrogen) atoms. The lowest BCUT2D eigenvalue weighted by atomic mass is 10.0. The van der Waals surface area contributed by atoms with Crippen molar-refractivity contribution in [3.8, 4) is 0 Å². The van der Waals surface area contributed by atoms with Gasteiger partial charge in [-0.15, -0.1) is 6.58 Å². The fraction of sp³-hybridized carbons (Fsp3) is 0.857. The summed E-state index contributed by atoms with van der Waals surface area (Å²) in [6.45, 7) is 19.4. The standard InChI is InChI=1S/C14H30N2/c1-8-9-16(12(4)5)14(7)13(6)10-15-11(2)3/h8,11-15H,1,9-10H2,2-7H3. The van der Waals surface area contributed by atoms with E-state index >= 15 is 0 Å². The number of hydrogen-bond acceptors (Lipinski definition) is 2. The van der Waals surface area contributed by atoms with E-state index in [0.717, 1.165) is 13.1 Å². The molecule has 0 aromatic carbocycles. The minimum Gasteiger partial charge on any atom is -0.314 e. The van der Waals surface area contributed by atoms with E-state index in [-0.39, 0.29) is 0 Å². The van der Waals surface area contributed by atoms with Crippen LogP contribution in [-0.2, 0) is 0 Å². The Morgan fingerprint density at radius 2 is 1.69 bits per heavy atom. The summed E-state index contributed by atoms with van der Waals surface area (Å²) in [4.78, 5) is 2.50. The summed E-state index contributed by atoms with van der Waals surface area (Å²) in [7, 11) is 0. The molecule has 0 radical (unpaired) electrons. The second kappa shape index (κ2) is 7.86. The molecule has 0 saturated heterocycles. The molecule has 2 nitrogen and oxygen atoms in total. The highest BCUT2D eigenvalue weighted by Crippen LogP contribution is 2.13. The van der Waals surface area contributed by atoms with Crippen molar-refractivity contribution < 1.29 is 0 Å². The largest absolute Gasteiger partial charge is 0.314 e. The first-order valence-electron chi connectivity index (χ1n) is 6.50. The van der Waals surface area contributed by atoms with Crippen LogP contribution in [0.15, 0.2) is 12.7 Å². The molecular weight excluding hydrogens is 196 g/mol. The first kappa shape index (κ1) is 15.7. The SMILES string of the molecule is C=CCN(C(C)C)C(C)C(C)CNC(C)C. The number of hydrogen-bond donors (Lipinski definition) is 1. The molecule has 0 rings (SSSR count). The Bertz CT molecular complexity index is 187. The van der Waals surface area contributed by atoms with Gasteiger partial charge in [-0.3, -0.25) is 4.90 Å². The smallest absolute Gasteiger partial charge is 0.0166 e. The van der Waals surface area contributed by atoms with Crippen LogP contribution in [0.3, 0.4) is 0 Å². The van der Waals surface area contributed by atoms with Crippen LogP contribution < -0.4 is 5.32 Å². The van der Waals surface area contributed by atoms with Gasteiger partial charge >= 0.3 is 0 Å². The summed E-state index contributed by atoms with van der Waals surface area (Å²) in [5.41, 5.74) is 0. The first-order chi connectivity index (χ1) is 7.40. The van der Waals surface area contributed by atoms with Gasteiger partial charge < -0.3 is 5.32 Å². The van der Waals surface area contributed by atoms with Gasteiger partial charge in [0.05, 0.1) is 0 Å². The van der Waals surface area contributed by atoms with Gasteiger partial charge in [-0.25, -0.2) is 0 Å². The van der Waals surface area contributed by atoms with Crippen molar-refractivity contribution in [3.63, 3.8) is 0 Å². The van der Waals surface area contributed by atoms with E-state index < -0.39 is 0 Å². The third-order valence-corrected chi connectivity index (χ3v) is 3.20. The maximum absolute atomic E-state index is 3.84. The first-order valence-corrected chi connectivity index (χ1v) is 6.50. The Labute approximate surface area is 102 Å². The lowest BCUT2D eigenvalue weighted by Crippen LogP contribution is -2.45. The van der Waals surface area contributed by atoms with Gasteiger partial charge in [0.2, 0.25) is 0 Å². The molecule has 0 bridgehead atoms. The van der Waals surface area contributed by atoms with E-state index in [1.54, 1.807) is 0 Å². The Hall–Kier alpha value is -0.340. The summed E-state index contributed by atoms with van der Waals surface area (Å²) < 4.78 is 0. The van der Waals surface area contributed by atoms with Gasteiger partial charge in [-0.05, 0) is 33.2 Å². The van der Waals surface area contributed by atoms with Gasteiger partial charge in [0.1, 0.15) is 0 Å². The van der Waals surface area contributed by atoms with Crippen LogP contribution in [0.25, 0.3) is 0 Å². The van der Waals surface area contributed by atoms with Gasteiger partial charge in [0, 0.05) is 24.7 Å². The lowest BCUT2D eigenvalue weighted by molar-refractivity contribution is 0.138. The van der Waals surface area contributed by atoms with E-state index in [1.807, 2.05) is 6.08 Å². The highest BCUT2D eigenvalue weighted by atomic mass is 15.2. The second-order valence-electron chi connectivity index (χ2n) is 5.36. The predicted molar refractivity (Wildman–Crippen MR) is 73.8 cm³/mol. The van der Waals surface area contributed by atoms with Crippen molar-refractivity contribution >= 4 is 0 Å². The maximum atomic E-state index is 3.84. The van der Waals surface area contributed by atoms with Gasteiger partial charge in [0.15, 0.2) is 0 Å². The third kappa shape index (κ3) is 5.66. The van der Waals surface area contributed by atoms with Gasteiger partial charge in [-0.1, -0.05) is 26.8 Å². The topological polar surface area (TPSA) is 15.3 Å². The summed E-state index contributed by atoms with van der Waals surface area (Å²) in [6, 6.07) is 1.74. The highest BCUT2D eigenvalue weighted by Gasteiger charge is 2.21. The van der Waals surface area contributed by atoms with E-state index in [2.05, 4.69) is 58.3 Å². The van der Waals surface area contributed by atoms with Crippen molar-refractivity contribution in [1.82, 2.24) is 10.2 Å². The van der Waals surface area contributed by atoms with Crippen LogP contribution >= 0.6 is 0 Å². The average molecular weight is 226 g/mol. The molecule has 0 aromatic heterocycles. The lowest BCUT2D eigenvalue weighted by Gasteiger charge is -2.36. The van der Waals surface area contributed by atoms with Gasteiger partial charge in [0.25, 0.3) is 0 Å². The molecule has 96 valence electrons. The van der Waals surface area contributed by atoms with Crippen molar-refractivity contribution in [1.29, 1.82) is 0 Å². The Kier molecular flexibility index (Phi) is 7.69. The molecule has 0 aliphatic rings. The normalized spacial score (nSPS) is 15.8. The highest BCUT2D eigenvalue weighted by molar-refractivity contribution is 4.83. The summed E-state index contributed by atoms with van der Waals surface area (Å²) in [5.74, 6) is 0.657.